The largest absolute Gasteiger partial charge is 0.392 e. The van der Waals surface area contributed by atoms with Gasteiger partial charge in [0.1, 0.15) is 5.82 Å². The maximum Gasteiger partial charge on any atom is 0.258 e. The Labute approximate surface area is 139 Å². The molecule has 0 radical (unpaired) electrons. The molecule has 1 saturated carbocycles. The van der Waals surface area contributed by atoms with Crippen molar-refractivity contribution in [1.82, 2.24) is 15.3 Å². The van der Waals surface area contributed by atoms with Crippen molar-refractivity contribution in [3.05, 3.63) is 40.4 Å². The van der Waals surface area contributed by atoms with Crippen LogP contribution in [0.2, 0.25) is 0 Å². The molecule has 0 bridgehead atoms. The van der Waals surface area contributed by atoms with Crippen molar-refractivity contribution < 1.29 is 9.90 Å². The lowest BCUT2D eigenvalue weighted by molar-refractivity contribution is -0.126. The van der Waals surface area contributed by atoms with Gasteiger partial charge in [-0.1, -0.05) is 12.1 Å². The Hall–Kier alpha value is -2.25. The lowest BCUT2D eigenvalue weighted by Gasteiger charge is -2.29. The predicted molar refractivity (Wildman–Crippen MR) is 90.4 cm³/mol. The van der Waals surface area contributed by atoms with E-state index in [1.54, 1.807) is 18.2 Å². The number of benzene rings is 1. The highest BCUT2D eigenvalue weighted by Crippen LogP contribution is 2.23. The fourth-order valence-electron chi connectivity index (χ4n) is 3.13. The SMILES string of the molecule is N[C@@H]1C[C@@H](C(=O)NCCc2nc3ccccc3c(=O)[nH]2)CC[C@H]1O. The number of nitrogens with zero attached hydrogens (tertiary/aromatic N) is 1. The Kier molecular flexibility index (Phi) is 4.92. The Balaban J connectivity index is 1.57. The van der Waals surface area contributed by atoms with Crippen LogP contribution >= 0.6 is 0 Å². The number of fused-ring (bicyclic) bond motifs is 1. The van der Waals surface area contributed by atoms with Gasteiger partial charge in [0.2, 0.25) is 5.91 Å². The third-order valence-corrected chi connectivity index (χ3v) is 4.56. The molecule has 0 saturated heterocycles. The summed E-state index contributed by atoms with van der Waals surface area (Å²) in [6.45, 7) is 0.397. The van der Waals surface area contributed by atoms with Crippen LogP contribution in [-0.2, 0) is 11.2 Å². The first kappa shape index (κ1) is 16.6. The summed E-state index contributed by atoms with van der Waals surface area (Å²) in [6.07, 6.45) is 1.64. The third-order valence-electron chi connectivity index (χ3n) is 4.56. The van der Waals surface area contributed by atoms with E-state index in [1.807, 2.05) is 6.07 Å². The van der Waals surface area contributed by atoms with Gasteiger partial charge in [0.25, 0.3) is 5.56 Å². The number of amides is 1. The second-order valence-electron chi connectivity index (χ2n) is 6.31. The molecule has 0 unspecified atom stereocenters. The molecule has 2 aromatic rings. The van der Waals surface area contributed by atoms with Gasteiger partial charge in [-0.25, -0.2) is 4.98 Å². The number of H-pyrrole nitrogens is 1. The van der Waals surface area contributed by atoms with E-state index >= 15 is 0 Å². The first-order valence-electron chi connectivity index (χ1n) is 8.24. The smallest absolute Gasteiger partial charge is 0.258 e. The van der Waals surface area contributed by atoms with Crippen LogP contribution in [0, 0.1) is 5.92 Å². The molecule has 1 aliphatic rings. The number of nitrogens with two attached hydrogens (primary N) is 1. The summed E-state index contributed by atoms with van der Waals surface area (Å²) in [6, 6.07) is 6.81. The molecule has 0 aliphatic heterocycles. The third kappa shape index (κ3) is 3.63. The summed E-state index contributed by atoms with van der Waals surface area (Å²) in [5.74, 6) is 0.335. The molecule has 3 atom stereocenters. The van der Waals surface area contributed by atoms with Crippen molar-refractivity contribution in [3.8, 4) is 0 Å². The van der Waals surface area contributed by atoms with Crippen molar-refractivity contribution in [3.63, 3.8) is 0 Å². The molecule has 1 heterocycles. The lowest BCUT2D eigenvalue weighted by Crippen LogP contribution is -2.45. The fraction of sp³-hybridized carbons (Fsp3) is 0.471. The molecule has 1 aromatic carbocycles. The molecular formula is C17H22N4O3. The van der Waals surface area contributed by atoms with Crippen LogP contribution in [0.3, 0.4) is 0 Å². The van der Waals surface area contributed by atoms with Crippen LogP contribution < -0.4 is 16.6 Å². The average Bonchev–Trinajstić information content (AvgIpc) is 2.57. The zero-order valence-corrected chi connectivity index (χ0v) is 13.4. The number of hydrogen-bond donors (Lipinski definition) is 4. The molecule has 5 N–H and O–H groups in total. The molecule has 1 aromatic heterocycles. The highest BCUT2D eigenvalue weighted by atomic mass is 16.3. The van der Waals surface area contributed by atoms with Gasteiger partial charge >= 0.3 is 0 Å². The Morgan fingerprint density at radius 3 is 2.96 bits per heavy atom. The van der Waals surface area contributed by atoms with Crippen LogP contribution in [0.15, 0.2) is 29.1 Å². The molecule has 7 heteroatoms. The number of aliphatic hydroxyl groups is 1. The maximum absolute atomic E-state index is 12.2. The molecule has 1 amide bonds. The molecular weight excluding hydrogens is 308 g/mol. The van der Waals surface area contributed by atoms with Gasteiger partial charge in [-0.3, -0.25) is 9.59 Å². The van der Waals surface area contributed by atoms with Crippen molar-refractivity contribution in [2.75, 3.05) is 6.54 Å². The Morgan fingerprint density at radius 1 is 1.38 bits per heavy atom. The minimum Gasteiger partial charge on any atom is -0.392 e. The normalized spacial score (nSPS) is 24.0. The maximum atomic E-state index is 12.2. The number of aliphatic hydroxyl groups excluding tert-OH is 1. The van der Waals surface area contributed by atoms with Crippen molar-refractivity contribution >= 4 is 16.8 Å². The topological polar surface area (TPSA) is 121 Å². The first-order chi connectivity index (χ1) is 11.5. The van der Waals surface area contributed by atoms with E-state index in [4.69, 9.17) is 5.73 Å². The quantitative estimate of drug-likeness (QED) is 0.632. The van der Waals surface area contributed by atoms with Crippen LogP contribution in [0.4, 0.5) is 0 Å². The Morgan fingerprint density at radius 2 is 2.17 bits per heavy atom. The molecule has 0 spiro atoms. The standard InChI is InChI=1S/C17H22N4O3/c18-12-9-10(5-6-14(12)22)16(23)19-8-7-15-20-13-4-2-1-3-11(13)17(24)21-15/h1-4,10,12,14,22H,5-9,18H2,(H,19,23)(H,20,21,24)/t10-,12+,14+/m0/s1. The molecule has 128 valence electrons. The minimum absolute atomic E-state index is 0.0551. The van der Waals surface area contributed by atoms with Crippen molar-refractivity contribution in [2.24, 2.45) is 11.7 Å². The van der Waals surface area contributed by atoms with Crippen molar-refractivity contribution in [2.45, 2.75) is 37.8 Å². The molecule has 7 nitrogen and oxygen atoms in total. The molecule has 24 heavy (non-hydrogen) atoms. The summed E-state index contributed by atoms with van der Waals surface area (Å²) >= 11 is 0. The molecule has 1 aliphatic carbocycles. The number of carbonyl (C=O) groups is 1. The van der Waals surface area contributed by atoms with E-state index in [0.717, 1.165) is 0 Å². The average molecular weight is 330 g/mol. The van der Waals surface area contributed by atoms with Crippen molar-refractivity contribution in [1.29, 1.82) is 0 Å². The number of aromatic amines is 1. The monoisotopic (exact) mass is 330 g/mol. The van der Waals surface area contributed by atoms with Crippen LogP contribution in [-0.4, -0.2) is 39.7 Å². The number of hydrogen-bond acceptors (Lipinski definition) is 5. The van der Waals surface area contributed by atoms with E-state index < -0.39 is 6.10 Å². The number of aromatic nitrogens is 2. The van der Waals surface area contributed by atoms with E-state index in [0.29, 0.717) is 49.0 Å². The number of carbonyl (C=O) groups excluding carboxylic acids is 1. The van der Waals surface area contributed by atoms with Crippen LogP contribution in [0.1, 0.15) is 25.1 Å². The number of nitrogens with one attached hydrogen (secondary N) is 2. The Bertz CT molecular complexity index is 789. The molecule has 3 rings (SSSR count). The van der Waals surface area contributed by atoms with Crippen LogP contribution in [0.5, 0.6) is 0 Å². The van der Waals surface area contributed by atoms with E-state index in [2.05, 4.69) is 15.3 Å². The predicted octanol–water partition coefficient (Wildman–Crippen LogP) is 0.0701. The zero-order valence-electron chi connectivity index (χ0n) is 13.4. The van der Waals surface area contributed by atoms with E-state index in [1.165, 1.54) is 0 Å². The highest BCUT2D eigenvalue weighted by Gasteiger charge is 2.30. The first-order valence-corrected chi connectivity index (χ1v) is 8.24. The second kappa shape index (κ2) is 7.11. The lowest BCUT2D eigenvalue weighted by atomic mass is 9.83. The van der Waals surface area contributed by atoms with Gasteiger partial charge in [0.05, 0.1) is 17.0 Å². The summed E-state index contributed by atoms with van der Waals surface area (Å²) < 4.78 is 0. The summed E-state index contributed by atoms with van der Waals surface area (Å²) in [5, 5.41) is 13.0. The molecule has 1 fully saturated rings. The van der Waals surface area contributed by atoms with Crippen LogP contribution in [0.25, 0.3) is 10.9 Å². The number of para-hydroxylation sites is 1. The summed E-state index contributed by atoms with van der Waals surface area (Å²) in [7, 11) is 0. The minimum atomic E-state index is -0.513. The zero-order chi connectivity index (χ0) is 17.1. The summed E-state index contributed by atoms with van der Waals surface area (Å²) in [5.41, 5.74) is 6.29. The van der Waals surface area contributed by atoms with E-state index in [9.17, 15) is 14.7 Å². The van der Waals surface area contributed by atoms with Gasteiger partial charge in [-0.2, -0.15) is 0 Å². The van der Waals surface area contributed by atoms with Gasteiger partial charge in [-0.05, 0) is 31.4 Å². The number of rotatable bonds is 4. The van der Waals surface area contributed by atoms with Gasteiger partial charge < -0.3 is 21.1 Å². The second-order valence-corrected chi connectivity index (χ2v) is 6.31. The van der Waals surface area contributed by atoms with Gasteiger partial charge in [0, 0.05) is 24.9 Å². The summed E-state index contributed by atoms with van der Waals surface area (Å²) in [4.78, 5) is 31.3. The highest BCUT2D eigenvalue weighted by molar-refractivity contribution is 5.79. The van der Waals surface area contributed by atoms with E-state index in [-0.39, 0.29) is 23.4 Å². The fourth-order valence-corrected chi connectivity index (χ4v) is 3.13. The van der Waals surface area contributed by atoms with Gasteiger partial charge in [0.15, 0.2) is 0 Å². The van der Waals surface area contributed by atoms with Gasteiger partial charge in [-0.15, -0.1) is 0 Å².